The molecule has 0 saturated carbocycles. The normalized spacial score (nSPS) is 14.8. The molecule has 0 spiro atoms. The first-order valence-electron chi connectivity index (χ1n) is 9.32. The molecule has 1 aliphatic heterocycles. The lowest BCUT2D eigenvalue weighted by Crippen LogP contribution is -3.15. The van der Waals surface area contributed by atoms with Gasteiger partial charge in [0.25, 0.3) is 5.91 Å². The number of anilines is 2. The molecule has 0 atom stereocenters. The molecule has 0 radical (unpaired) electrons. The molecule has 0 bridgehead atoms. The van der Waals surface area contributed by atoms with Gasteiger partial charge in [-0.15, -0.1) is 11.3 Å². The summed E-state index contributed by atoms with van der Waals surface area (Å²) in [6, 6.07) is 17.4. The molecule has 3 aromatic rings. The van der Waals surface area contributed by atoms with Crippen molar-refractivity contribution in [3.8, 4) is 11.3 Å². The summed E-state index contributed by atoms with van der Waals surface area (Å²) in [7, 11) is 0. The molecule has 2 aromatic carbocycles. The Morgan fingerprint density at radius 2 is 1.82 bits per heavy atom. The van der Waals surface area contributed by atoms with Gasteiger partial charge >= 0.3 is 0 Å². The predicted molar refractivity (Wildman–Crippen MR) is 115 cm³/mol. The van der Waals surface area contributed by atoms with E-state index in [1.54, 1.807) is 23.5 Å². The molecule has 1 aliphatic rings. The van der Waals surface area contributed by atoms with E-state index in [1.165, 1.54) is 4.90 Å². The number of amides is 1. The fraction of sp³-hybridized carbons (Fsp3) is 0.238. The van der Waals surface area contributed by atoms with Crippen LogP contribution < -0.4 is 15.1 Å². The second kappa shape index (κ2) is 8.73. The Kier molecular flexibility index (Phi) is 5.90. The van der Waals surface area contributed by atoms with E-state index in [9.17, 15) is 4.79 Å². The molecule has 1 fully saturated rings. The topological polar surface area (TPSA) is 49.7 Å². The highest BCUT2D eigenvalue weighted by atomic mass is 35.5. The average Bonchev–Trinajstić information content (AvgIpc) is 3.21. The van der Waals surface area contributed by atoms with E-state index < -0.39 is 0 Å². The third-order valence-corrected chi connectivity index (χ3v) is 5.99. The van der Waals surface area contributed by atoms with Crippen LogP contribution in [0.4, 0.5) is 10.8 Å². The quantitative estimate of drug-likeness (QED) is 0.676. The largest absolute Gasteiger partial charge is 0.337 e. The van der Waals surface area contributed by atoms with Gasteiger partial charge < -0.3 is 15.1 Å². The van der Waals surface area contributed by atoms with Gasteiger partial charge in [0.2, 0.25) is 0 Å². The smallest absolute Gasteiger partial charge is 0.279 e. The van der Waals surface area contributed by atoms with Gasteiger partial charge in [0.15, 0.2) is 11.7 Å². The Bertz CT molecular complexity index is 921. The Morgan fingerprint density at radius 3 is 2.54 bits per heavy atom. The molecular formula is C21H22ClN4OS+. The number of nitrogens with one attached hydrogen (secondary N) is 2. The van der Waals surface area contributed by atoms with Crippen molar-refractivity contribution in [2.45, 2.75) is 0 Å². The maximum Gasteiger partial charge on any atom is 0.279 e. The summed E-state index contributed by atoms with van der Waals surface area (Å²) >= 11 is 7.56. The molecule has 0 unspecified atom stereocenters. The molecule has 1 aromatic heterocycles. The zero-order valence-corrected chi connectivity index (χ0v) is 17.0. The highest BCUT2D eigenvalue weighted by Crippen LogP contribution is 2.27. The van der Waals surface area contributed by atoms with E-state index in [-0.39, 0.29) is 5.91 Å². The first-order valence-corrected chi connectivity index (χ1v) is 10.6. The number of hydrogen-bond donors (Lipinski definition) is 2. The lowest BCUT2D eigenvalue weighted by atomic mass is 10.2. The van der Waals surface area contributed by atoms with Gasteiger partial charge in [0.1, 0.15) is 0 Å². The van der Waals surface area contributed by atoms with Gasteiger partial charge in [-0.2, -0.15) is 0 Å². The standard InChI is InChI=1S/C21H21ClN4OS/c22-17-6-8-18(9-7-17)23-20(27)14-25-10-12-26(13-11-25)21-24-19(15-28-21)16-4-2-1-3-5-16/h1-9,15H,10-14H2,(H,23,27)/p+1. The van der Waals surface area contributed by atoms with Crippen molar-refractivity contribution in [3.63, 3.8) is 0 Å². The summed E-state index contributed by atoms with van der Waals surface area (Å²) in [6.07, 6.45) is 0. The molecule has 7 heteroatoms. The maximum absolute atomic E-state index is 12.3. The van der Waals surface area contributed by atoms with Crippen LogP contribution in [-0.2, 0) is 4.79 Å². The number of halogens is 1. The van der Waals surface area contributed by atoms with Crippen molar-refractivity contribution < 1.29 is 9.69 Å². The number of carbonyl (C=O) groups excluding carboxylic acids is 1. The van der Waals surface area contributed by atoms with E-state index >= 15 is 0 Å². The van der Waals surface area contributed by atoms with Crippen molar-refractivity contribution >= 4 is 39.7 Å². The van der Waals surface area contributed by atoms with E-state index in [0.29, 0.717) is 11.6 Å². The van der Waals surface area contributed by atoms with E-state index in [1.807, 2.05) is 30.3 Å². The minimum atomic E-state index is 0.0337. The minimum Gasteiger partial charge on any atom is -0.337 e. The summed E-state index contributed by atoms with van der Waals surface area (Å²) in [5.74, 6) is 0.0337. The third kappa shape index (κ3) is 4.70. The number of thiazole rings is 1. The lowest BCUT2D eigenvalue weighted by molar-refractivity contribution is -0.892. The molecule has 28 heavy (non-hydrogen) atoms. The van der Waals surface area contributed by atoms with E-state index in [0.717, 1.165) is 48.3 Å². The van der Waals surface area contributed by atoms with Crippen LogP contribution in [0, 0.1) is 0 Å². The van der Waals surface area contributed by atoms with Crippen LogP contribution in [0.5, 0.6) is 0 Å². The van der Waals surface area contributed by atoms with Gasteiger partial charge in [-0.3, -0.25) is 4.79 Å². The molecule has 2 heterocycles. The minimum absolute atomic E-state index is 0.0337. The van der Waals surface area contributed by atoms with Gasteiger partial charge in [0.05, 0.1) is 31.9 Å². The molecule has 144 valence electrons. The summed E-state index contributed by atoms with van der Waals surface area (Å²) in [5, 5.41) is 6.78. The van der Waals surface area contributed by atoms with Crippen molar-refractivity contribution in [2.24, 2.45) is 0 Å². The Hall–Kier alpha value is -2.41. The number of carbonyl (C=O) groups is 1. The van der Waals surface area contributed by atoms with Gasteiger partial charge in [-0.05, 0) is 24.3 Å². The fourth-order valence-electron chi connectivity index (χ4n) is 3.31. The highest BCUT2D eigenvalue weighted by Gasteiger charge is 2.24. The Labute approximate surface area is 173 Å². The molecule has 5 nitrogen and oxygen atoms in total. The average molecular weight is 414 g/mol. The zero-order chi connectivity index (χ0) is 19.3. The third-order valence-electron chi connectivity index (χ3n) is 4.84. The lowest BCUT2D eigenvalue weighted by Gasteiger charge is -2.31. The van der Waals surface area contributed by atoms with Crippen molar-refractivity contribution in [3.05, 3.63) is 65.0 Å². The number of piperazine rings is 1. The summed E-state index contributed by atoms with van der Waals surface area (Å²) < 4.78 is 0. The number of aromatic nitrogens is 1. The summed E-state index contributed by atoms with van der Waals surface area (Å²) in [6.45, 7) is 4.14. The van der Waals surface area contributed by atoms with Crippen molar-refractivity contribution in [1.82, 2.24) is 4.98 Å². The SMILES string of the molecule is O=C(C[NH+]1CCN(c2nc(-c3ccccc3)cs2)CC1)Nc1ccc(Cl)cc1. The van der Waals surface area contributed by atoms with Crippen LogP contribution in [0.1, 0.15) is 0 Å². The monoisotopic (exact) mass is 413 g/mol. The van der Waals surface area contributed by atoms with Gasteiger partial charge in [0, 0.05) is 21.7 Å². The number of nitrogens with zero attached hydrogens (tertiary/aromatic N) is 2. The second-order valence-corrected chi connectivity index (χ2v) is 8.12. The first kappa shape index (κ1) is 18.9. The van der Waals surface area contributed by atoms with Crippen LogP contribution in [0.3, 0.4) is 0 Å². The van der Waals surface area contributed by atoms with Crippen LogP contribution in [0.25, 0.3) is 11.3 Å². The zero-order valence-electron chi connectivity index (χ0n) is 15.4. The van der Waals surface area contributed by atoms with E-state index in [2.05, 4.69) is 27.7 Å². The maximum atomic E-state index is 12.3. The molecule has 1 amide bonds. The fourth-order valence-corrected chi connectivity index (χ4v) is 4.32. The molecule has 4 rings (SSSR count). The van der Waals surface area contributed by atoms with Gasteiger partial charge in [-0.1, -0.05) is 41.9 Å². The number of hydrogen-bond acceptors (Lipinski definition) is 4. The highest BCUT2D eigenvalue weighted by molar-refractivity contribution is 7.14. The van der Waals surface area contributed by atoms with Crippen LogP contribution in [0.2, 0.25) is 5.02 Å². The number of benzene rings is 2. The van der Waals surface area contributed by atoms with Crippen LogP contribution in [0.15, 0.2) is 60.0 Å². The summed E-state index contributed by atoms with van der Waals surface area (Å²) in [4.78, 5) is 20.7. The van der Waals surface area contributed by atoms with Crippen LogP contribution in [-0.4, -0.2) is 43.6 Å². The first-order chi connectivity index (χ1) is 13.7. The van der Waals surface area contributed by atoms with Crippen LogP contribution >= 0.6 is 22.9 Å². The Balaban J connectivity index is 1.28. The molecule has 0 aliphatic carbocycles. The second-order valence-electron chi connectivity index (χ2n) is 6.85. The van der Waals surface area contributed by atoms with Gasteiger partial charge in [-0.25, -0.2) is 4.98 Å². The molecular weight excluding hydrogens is 392 g/mol. The van der Waals surface area contributed by atoms with E-state index in [4.69, 9.17) is 16.6 Å². The number of rotatable bonds is 5. The molecule has 2 N–H and O–H groups in total. The Morgan fingerprint density at radius 1 is 1.11 bits per heavy atom. The predicted octanol–water partition coefficient (Wildman–Crippen LogP) is 2.81. The van der Waals surface area contributed by atoms with Crippen molar-refractivity contribution in [2.75, 3.05) is 42.9 Å². The number of quaternary nitrogens is 1. The molecule has 1 saturated heterocycles. The van der Waals surface area contributed by atoms with Crippen molar-refractivity contribution in [1.29, 1.82) is 0 Å². The summed E-state index contributed by atoms with van der Waals surface area (Å²) in [5.41, 5.74) is 2.95.